The minimum atomic E-state index is -0.990. The largest absolute Gasteiger partial charge is 0.465 e. The van der Waals surface area contributed by atoms with E-state index in [0.717, 1.165) is 25.7 Å². The number of carboxylic acid groups (broad SMARTS) is 1. The first kappa shape index (κ1) is 15.8. The van der Waals surface area contributed by atoms with E-state index < -0.39 is 12.2 Å². The lowest BCUT2D eigenvalue weighted by atomic mass is 10.2. The van der Waals surface area contributed by atoms with E-state index >= 15 is 0 Å². The molecule has 1 rings (SSSR count). The number of unbranched alkanes of at least 4 members (excludes halogenated alkanes) is 3. The summed E-state index contributed by atoms with van der Waals surface area (Å²) in [6.45, 7) is 1.02. The minimum Gasteiger partial charge on any atom is -0.465 e. The Balaban J connectivity index is 1.96. The molecule has 1 aromatic rings. The van der Waals surface area contributed by atoms with E-state index in [2.05, 4.69) is 10.6 Å². The van der Waals surface area contributed by atoms with Crippen LogP contribution in [0.15, 0.2) is 30.3 Å². The van der Waals surface area contributed by atoms with Gasteiger partial charge in [0, 0.05) is 13.1 Å². The summed E-state index contributed by atoms with van der Waals surface area (Å²) >= 11 is 0. The molecule has 6 heteroatoms. The maximum atomic E-state index is 11.4. The van der Waals surface area contributed by atoms with Crippen molar-refractivity contribution < 1.29 is 19.4 Å². The molecule has 0 bridgehead atoms. The van der Waals surface area contributed by atoms with Crippen molar-refractivity contribution in [2.75, 3.05) is 13.1 Å². The molecule has 0 atom stereocenters. The minimum absolute atomic E-state index is 0.455. The van der Waals surface area contributed by atoms with Crippen LogP contribution in [0.25, 0.3) is 0 Å². The number of para-hydroxylation sites is 1. The van der Waals surface area contributed by atoms with Crippen molar-refractivity contribution in [1.82, 2.24) is 10.6 Å². The normalized spacial score (nSPS) is 9.80. The predicted molar refractivity (Wildman–Crippen MR) is 75.0 cm³/mol. The van der Waals surface area contributed by atoms with Crippen LogP contribution in [0.4, 0.5) is 9.59 Å². The van der Waals surface area contributed by atoms with Crippen molar-refractivity contribution in [1.29, 1.82) is 0 Å². The average molecular weight is 280 g/mol. The van der Waals surface area contributed by atoms with Crippen LogP contribution in [-0.4, -0.2) is 30.4 Å². The van der Waals surface area contributed by atoms with Gasteiger partial charge in [-0.3, -0.25) is 0 Å². The molecule has 0 saturated heterocycles. The Kier molecular flexibility index (Phi) is 7.64. The topological polar surface area (TPSA) is 87.7 Å². The van der Waals surface area contributed by atoms with Gasteiger partial charge in [0.05, 0.1) is 0 Å². The van der Waals surface area contributed by atoms with Crippen LogP contribution in [-0.2, 0) is 0 Å². The van der Waals surface area contributed by atoms with Crippen molar-refractivity contribution in [2.24, 2.45) is 0 Å². The van der Waals surface area contributed by atoms with Gasteiger partial charge in [-0.2, -0.15) is 0 Å². The molecule has 0 aliphatic carbocycles. The third-order valence-electron chi connectivity index (χ3n) is 2.60. The number of ether oxygens (including phenoxy) is 1. The third kappa shape index (κ3) is 7.97. The van der Waals surface area contributed by atoms with Gasteiger partial charge in [-0.05, 0) is 25.0 Å². The number of nitrogens with one attached hydrogen (secondary N) is 2. The second-order valence-corrected chi connectivity index (χ2v) is 4.28. The van der Waals surface area contributed by atoms with Gasteiger partial charge >= 0.3 is 12.2 Å². The maximum absolute atomic E-state index is 11.4. The molecule has 0 aromatic heterocycles. The fourth-order valence-corrected chi connectivity index (χ4v) is 1.62. The number of hydrogen-bond donors (Lipinski definition) is 3. The van der Waals surface area contributed by atoms with E-state index in [-0.39, 0.29) is 0 Å². The highest BCUT2D eigenvalue weighted by Crippen LogP contribution is 2.08. The summed E-state index contributed by atoms with van der Waals surface area (Å²) in [6.07, 6.45) is 2.07. The molecule has 0 heterocycles. The SMILES string of the molecule is O=C(O)NCCCCCCNC(=O)Oc1ccccc1. The molecule has 0 saturated carbocycles. The fourth-order valence-electron chi connectivity index (χ4n) is 1.62. The van der Waals surface area contributed by atoms with Crippen LogP contribution in [0.2, 0.25) is 0 Å². The Morgan fingerprint density at radius 2 is 1.55 bits per heavy atom. The van der Waals surface area contributed by atoms with Crippen molar-refractivity contribution in [3.63, 3.8) is 0 Å². The summed E-state index contributed by atoms with van der Waals surface area (Å²) < 4.78 is 5.06. The summed E-state index contributed by atoms with van der Waals surface area (Å²) in [5.41, 5.74) is 0. The van der Waals surface area contributed by atoms with Gasteiger partial charge in [-0.1, -0.05) is 31.0 Å². The zero-order valence-electron chi connectivity index (χ0n) is 11.3. The van der Waals surface area contributed by atoms with Gasteiger partial charge in [-0.15, -0.1) is 0 Å². The molecule has 0 spiro atoms. The van der Waals surface area contributed by atoms with Crippen LogP contribution < -0.4 is 15.4 Å². The molecule has 1 aromatic carbocycles. The van der Waals surface area contributed by atoms with Gasteiger partial charge in [0.2, 0.25) is 0 Å². The van der Waals surface area contributed by atoms with E-state index in [9.17, 15) is 9.59 Å². The third-order valence-corrected chi connectivity index (χ3v) is 2.60. The van der Waals surface area contributed by atoms with Crippen molar-refractivity contribution in [3.8, 4) is 5.75 Å². The molecule has 3 N–H and O–H groups in total. The molecule has 6 nitrogen and oxygen atoms in total. The van der Waals surface area contributed by atoms with E-state index in [4.69, 9.17) is 9.84 Å². The van der Waals surface area contributed by atoms with Crippen molar-refractivity contribution >= 4 is 12.2 Å². The highest BCUT2D eigenvalue weighted by Gasteiger charge is 2.02. The van der Waals surface area contributed by atoms with Gasteiger partial charge in [-0.25, -0.2) is 9.59 Å². The van der Waals surface area contributed by atoms with Crippen LogP contribution in [0.3, 0.4) is 0 Å². The van der Waals surface area contributed by atoms with Crippen molar-refractivity contribution in [3.05, 3.63) is 30.3 Å². The Morgan fingerprint density at radius 1 is 0.950 bits per heavy atom. The summed E-state index contributed by atoms with van der Waals surface area (Å²) in [5, 5.41) is 13.3. The van der Waals surface area contributed by atoms with E-state index in [1.54, 1.807) is 24.3 Å². The monoisotopic (exact) mass is 280 g/mol. The zero-order valence-corrected chi connectivity index (χ0v) is 11.3. The molecule has 2 amide bonds. The van der Waals surface area contributed by atoms with Gasteiger partial charge < -0.3 is 20.5 Å². The lowest BCUT2D eigenvalue weighted by molar-refractivity contribution is 0.194. The van der Waals surface area contributed by atoms with Crippen LogP contribution in [0.1, 0.15) is 25.7 Å². The molecule has 0 aliphatic heterocycles. The van der Waals surface area contributed by atoms with E-state index in [1.807, 2.05) is 6.07 Å². The second kappa shape index (κ2) is 9.66. The number of benzene rings is 1. The zero-order chi connectivity index (χ0) is 14.6. The van der Waals surface area contributed by atoms with Crippen LogP contribution in [0.5, 0.6) is 5.75 Å². The van der Waals surface area contributed by atoms with Gasteiger partial charge in [0.1, 0.15) is 5.75 Å². The van der Waals surface area contributed by atoms with E-state index in [1.165, 1.54) is 0 Å². The summed E-state index contributed by atoms with van der Waals surface area (Å²) in [7, 11) is 0. The summed E-state index contributed by atoms with van der Waals surface area (Å²) in [6, 6.07) is 8.88. The first-order chi connectivity index (χ1) is 9.68. The Labute approximate surface area is 118 Å². The number of rotatable bonds is 8. The molecule has 0 fully saturated rings. The van der Waals surface area contributed by atoms with Crippen LogP contribution >= 0.6 is 0 Å². The smallest absolute Gasteiger partial charge is 0.412 e. The van der Waals surface area contributed by atoms with Gasteiger partial charge in [0.15, 0.2) is 0 Å². The number of carbonyl (C=O) groups is 2. The fraction of sp³-hybridized carbons (Fsp3) is 0.429. The number of hydrogen-bond acceptors (Lipinski definition) is 3. The lowest BCUT2D eigenvalue weighted by Crippen LogP contribution is -2.27. The second-order valence-electron chi connectivity index (χ2n) is 4.28. The number of carbonyl (C=O) groups excluding carboxylic acids is 1. The highest BCUT2D eigenvalue weighted by atomic mass is 16.6. The molecule has 20 heavy (non-hydrogen) atoms. The highest BCUT2D eigenvalue weighted by molar-refractivity contribution is 5.70. The van der Waals surface area contributed by atoms with Gasteiger partial charge in [0.25, 0.3) is 0 Å². The van der Waals surface area contributed by atoms with Crippen molar-refractivity contribution in [2.45, 2.75) is 25.7 Å². The molecule has 0 aliphatic rings. The molecule has 0 unspecified atom stereocenters. The number of amides is 2. The predicted octanol–water partition coefficient (Wildman–Crippen LogP) is 2.60. The Hall–Kier alpha value is -2.24. The molecular formula is C14H20N2O4. The first-order valence-corrected chi connectivity index (χ1v) is 6.66. The standard InChI is InChI=1S/C14H20N2O4/c17-13(18)15-10-6-1-2-7-11-16-14(19)20-12-8-4-3-5-9-12/h3-5,8-9,15H,1-2,6-7,10-11H2,(H,16,19)(H,17,18). The molecule has 0 radical (unpaired) electrons. The Morgan fingerprint density at radius 3 is 2.15 bits per heavy atom. The first-order valence-electron chi connectivity index (χ1n) is 6.66. The Bertz CT molecular complexity index is 409. The molecule has 110 valence electrons. The lowest BCUT2D eigenvalue weighted by Gasteiger charge is -2.06. The summed E-state index contributed by atoms with van der Waals surface area (Å²) in [5.74, 6) is 0.518. The quantitative estimate of drug-likeness (QED) is 0.639. The maximum Gasteiger partial charge on any atom is 0.412 e. The molecular weight excluding hydrogens is 260 g/mol. The summed E-state index contributed by atoms with van der Waals surface area (Å²) in [4.78, 5) is 21.6. The van der Waals surface area contributed by atoms with Crippen LogP contribution in [0, 0.1) is 0 Å². The average Bonchev–Trinajstić information content (AvgIpc) is 2.42. The van der Waals surface area contributed by atoms with E-state index in [0.29, 0.717) is 18.8 Å².